The number of carbonyl (C=O) groups excluding carboxylic acids is 4. The predicted octanol–water partition coefficient (Wildman–Crippen LogP) is 8.12. The van der Waals surface area contributed by atoms with Crippen molar-refractivity contribution in [3.8, 4) is 56.3 Å². The molecule has 4 aromatic carbocycles. The van der Waals surface area contributed by atoms with Crippen molar-refractivity contribution in [1.29, 1.82) is 0 Å². The van der Waals surface area contributed by atoms with Crippen molar-refractivity contribution >= 4 is 45.4 Å². The van der Waals surface area contributed by atoms with Crippen LogP contribution in [0.2, 0.25) is 0 Å². The van der Waals surface area contributed by atoms with E-state index in [4.69, 9.17) is 21.2 Å². The number of amides is 4. The highest BCUT2D eigenvalue weighted by Gasteiger charge is 2.38. The number of pyridine rings is 4. The molecule has 4 aromatic heterocycles. The summed E-state index contributed by atoms with van der Waals surface area (Å²) in [5, 5.41) is 5.76. The summed E-state index contributed by atoms with van der Waals surface area (Å²) < 4.78 is 47.6. The number of fused-ring (bicyclic) bond motifs is 2. The number of hydrogen-bond donors (Lipinski definition) is 6. The Balaban J connectivity index is 0.000000228. The van der Waals surface area contributed by atoms with Crippen LogP contribution in [0.15, 0.2) is 146 Å². The third kappa shape index (κ3) is 13.7. The molecule has 0 saturated heterocycles. The topological polar surface area (TPSA) is 238 Å². The summed E-state index contributed by atoms with van der Waals surface area (Å²) >= 11 is 0. The SMILES string of the molecule is CC.CCC(=O)NCCOc1ccc(-c2ccc(-c3cc(C(=O)NN)c4cnccc4n3)cc2)cc1.NNC(=O)c1cc(-c2ccc(-c3ccc(OCCNC(=O)C(F)(F)F)cc3)cc2)nc2ccncc12. The Bertz CT molecular complexity index is 3120. The molecule has 0 spiro atoms. The maximum atomic E-state index is 12.3. The summed E-state index contributed by atoms with van der Waals surface area (Å²) in [5.74, 6) is 9.07. The van der Waals surface area contributed by atoms with Gasteiger partial charge in [-0.05, 0) is 70.8 Å². The van der Waals surface area contributed by atoms with Crippen LogP contribution in [-0.2, 0) is 9.59 Å². The standard InChI is InChI=1S/C26H25N5O3.C25H20F3N5O3.C2H6/c1-2-25(32)29-13-14-34-20-9-7-18(8-10-20)17-3-5-19(6-4-17)24-15-21(26(33)31-27)22-16-28-12-11-23(22)30-24;26-25(27,28)24(35)31-11-12-36-18-7-5-16(6-8-18)15-1-3-17(4-2-15)22-13-19(23(34)33-29)20-14-30-10-9-21(20)32-22;1-2/h3-12,15-16H,2,13-14,27H2,1H3,(H,29,32)(H,31,33);1-10,13-14H,11-12,29H2,(H,31,35)(H,33,34);1-2H3. The van der Waals surface area contributed by atoms with Crippen molar-refractivity contribution in [1.82, 2.24) is 41.4 Å². The number of nitrogen functional groups attached to an aromatic ring is 2. The molecule has 16 nitrogen and oxygen atoms in total. The van der Waals surface area contributed by atoms with Crippen LogP contribution in [-0.4, -0.2) is 76.0 Å². The zero-order chi connectivity index (χ0) is 51.6. The van der Waals surface area contributed by atoms with Crippen molar-refractivity contribution in [3.05, 3.63) is 157 Å². The molecule has 0 atom stereocenters. The molecule has 72 heavy (non-hydrogen) atoms. The number of nitrogens with two attached hydrogens (primary N) is 2. The molecule has 8 N–H and O–H groups in total. The van der Waals surface area contributed by atoms with Crippen molar-refractivity contribution < 1.29 is 41.8 Å². The Hall–Kier alpha value is -8.81. The van der Waals surface area contributed by atoms with Crippen LogP contribution in [0.4, 0.5) is 13.2 Å². The fourth-order valence-corrected chi connectivity index (χ4v) is 7.04. The van der Waals surface area contributed by atoms with E-state index in [1.54, 1.807) is 66.5 Å². The first-order chi connectivity index (χ1) is 34.8. The molecule has 370 valence electrons. The molecule has 19 heteroatoms. The van der Waals surface area contributed by atoms with Gasteiger partial charge in [0.15, 0.2) is 0 Å². The van der Waals surface area contributed by atoms with Crippen LogP contribution in [0.25, 0.3) is 66.6 Å². The Kier molecular flexibility index (Phi) is 18.4. The van der Waals surface area contributed by atoms with Gasteiger partial charge in [0.05, 0.1) is 46.6 Å². The summed E-state index contributed by atoms with van der Waals surface area (Å²) in [5.41, 5.74) is 13.2. The van der Waals surface area contributed by atoms with E-state index in [1.165, 1.54) is 0 Å². The number of halogens is 3. The van der Waals surface area contributed by atoms with Crippen molar-refractivity contribution in [3.63, 3.8) is 0 Å². The highest BCUT2D eigenvalue weighted by molar-refractivity contribution is 6.07. The highest BCUT2D eigenvalue weighted by atomic mass is 19.4. The summed E-state index contributed by atoms with van der Waals surface area (Å²) in [6.45, 7) is 6.34. The van der Waals surface area contributed by atoms with E-state index in [-0.39, 0.29) is 19.1 Å². The molecule has 0 aliphatic carbocycles. The second-order valence-corrected chi connectivity index (χ2v) is 15.2. The molecule has 8 rings (SSSR count). The number of hydrazine groups is 2. The number of benzene rings is 4. The van der Waals surface area contributed by atoms with Crippen molar-refractivity contribution in [2.24, 2.45) is 11.7 Å². The normalized spacial score (nSPS) is 10.7. The Labute approximate surface area is 412 Å². The van der Waals surface area contributed by atoms with Crippen LogP contribution in [0.5, 0.6) is 11.5 Å². The van der Waals surface area contributed by atoms with Gasteiger partial charge in [0, 0.05) is 53.1 Å². The van der Waals surface area contributed by atoms with Crippen LogP contribution in [0, 0.1) is 0 Å². The molecule has 0 aliphatic heterocycles. The fourth-order valence-electron chi connectivity index (χ4n) is 7.04. The van der Waals surface area contributed by atoms with Gasteiger partial charge in [-0.2, -0.15) is 13.2 Å². The van der Waals surface area contributed by atoms with Gasteiger partial charge in [-0.3, -0.25) is 40.0 Å². The third-order valence-corrected chi connectivity index (χ3v) is 10.6. The maximum absolute atomic E-state index is 12.3. The lowest BCUT2D eigenvalue weighted by Crippen LogP contribution is -2.38. The first-order valence-electron chi connectivity index (χ1n) is 22.7. The number of nitrogens with zero attached hydrogens (tertiary/aromatic N) is 4. The second-order valence-electron chi connectivity index (χ2n) is 15.2. The van der Waals surface area contributed by atoms with Gasteiger partial charge in [0.25, 0.3) is 11.8 Å². The molecule has 8 aromatic rings. The average molecular weight is 981 g/mol. The number of alkyl halides is 3. The van der Waals surface area contributed by atoms with E-state index in [9.17, 15) is 32.3 Å². The van der Waals surface area contributed by atoms with Crippen LogP contribution in [0.1, 0.15) is 47.9 Å². The number of aromatic nitrogens is 4. The lowest BCUT2D eigenvalue weighted by Gasteiger charge is -2.10. The Morgan fingerprint density at radius 3 is 1.26 bits per heavy atom. The van der Waals surface area contributed by atoms with E-state index in [0.717, 1.165) is 39.1 Å². The second kappa shape index (κ2) is 25.2. The summed E-state index contributed by atoms with van der Waals surface area (Å²) in [6.07, 6.45) is 1.95. The highest BCUT2D eigenvalue weighted by Crippen LogP contribution is 2.30. The van der Waals surface area contributed by atoms with E-state index < -0.39 is 23.9 Å². The summed E-state index contributed by atoms with van der Waals surface area (Å²) in [4.78, 5) is 64.1. The molecule has 0 radical (unpaired) electrons. The molecular weight excluding hydrogens is 930 g/mol. The predicted molar refractivity (Wildman–Crippen MR) is 269 cm³/mol. The smallest absolute Gasteiger partial charge is 0.471 e. The molecule has 4 heterocycles. The molecule has 0 aliphatic rings. The quantitative estimate of drug-likeness (QED) is 0.0247. The number of rotatable bonds is 15. The number of carbonyl (C=O) groups is 4. The maximum Gasteiger partial charge on any atom is 0.471 e. The van der Waals surface area contributed by atoms with Gasteiger partial charge in [-0.15, -0.1) is 0 Å². The number of ether oxygens (including phenoxy) is 2. The molecule has 0 fully saturated rings. The lowest BCUT2D eigenvalue weighted by atomic mass is 10.0. The third-order valence-electron chi connectivity index (χ3n) is 10.6. The minimum absolute atomic E-state index is 0.0113. The van der Waals surface area contributed by atoms with Crippen molar-refractivity contribution in [2.75, 3.05) is 26.3 Å². The fraction of sp³-hybridized carbons (Fsp3) is 0.170. The minimum atomic E-state index is -4.92. The zero-order valence-corrected chi connectivity index (χ0v) is 39.4. The number of nitrogens with one attached hydrogen (secondary N) is 4. The minimum Gasteiger partial charge on any atom is -0.492 e. The first-order valence-corrected chi connectivity index (χ1v) is 22.7. The van der Waals surface area contributed by atoms with E-state index in [2.05, 4.69) is 36.1 Å². The monoisotopic (exact) mass is 980 g/mol. The van der Waals surface area contributed by atoms with Crippen LogP contribution in [0.3, 0.4) is 0 Å². The van der Waals surface area contributed by atoms with Gasteiger partial charge >= 0.3 is 12.1 Å². The zero-order valence-electron chi connectivity index (χ0n) is 39.4. The van der Waals surface area contributed by atoms with Crippen LogP contribution < -0.4 is 42.6 Å². The van der Waals surface area contributed by atoms with Gasteiger partial charge < -0.3 is 20.1 Å². The van der Waals surface area contributed by atoms with Crippen molar-refractivity contribution in [2.45, 2.75) is 33.4 Å². The largest absolute Gasteiger partial charge is 0.492 e. The molecule has 0 bridgehead atoms. The van der Waals surface area contributed by atoms with Gasteiger partial charge in [-0.1, -0.05) is 93.6 Å². The van der Waals surface area contributed by atoms with E-state index in [0.29, 0.717) is 69.6 Å². The van der Waals surface area contributed by atoms with Gasteiger partial charge in [0.1, 0.15) is 24.7 Å². The average Bonchev–Trinajstić information content (AvgIpc) is 3.42. The Morgan fingerprint density at radius 1 is 0.542 bits per heavy atom. The van der Waals surface area contributed by atoms with Crippen LogP contribution >= 0.6 is 0 Å². The first kappa shape index (κ1) is 52.6. The molecule has 0 saturated carbocycles. The van der Waals surface area contributed by atoms with E-state index >= 15 is 0 Å². The van der Waals surface area contributed by atoms with Gasteiger partial charge in [0.2, 0.25) is 5.91 Å². The summed E-state index contributed by atoms with van der Waals surface area (Å²) in [7, 11) is 0. The number of hydrogen-bond acceptors (Lipinski definition) is 12. The summed E-state index contributed by atoms with van der Waals surface area (Å²) in [6, 6.07) is 37.1. The van der Waals surface area contributed by atoms with Gasteiger partial charge in [-0.25, -0.2) is 21.7 Å². The molecule has 4 amide bonds. The van der Waals surface area contributed by atoms with E-state index in [1.807, 2.05) is 106 Å². The Morgan fingerprint density at radius 2 is 0.903 bits per heavy atom. The molecule has 0 unspecified atom stereocenters. The lowest BCUT2D eigenvalue weighted by molar-refractivity contribution is -0.173. The molecular formula is C53H51F3N10O6.